The molecule has 0 saturated carbocycles. The standard InChI is InChI=1S/C11H14ClN3O4/c12-8-4-5-9(15(17)18)10(7-8)19-6-2-1-3-11(16)14-13/h4-5,7H,1-3,6,13H2,(H,14,16). The Labute approximate surface area is 114 Å². The van der Waals surface area contributed by atoms with Gasteiger partial charge in [-0.05, 0) is 18.9 Å². The van der Waals surface area contributed by atoms with Gasteiger partial charge < -0.3 is 4.74 Å². The Morgan fingerprint density at radius 2 is 2.21 bits per heavy atom. The number of rotatable bonds is 7. The molecule has 8 heteroatoms. The summed E-state index contributed by atoms with van der Waals surface area (Å²) in [4.78, 5) is 21.1. The van der Waals surface area contributed by atoms with E-state index < -0.39 is 4.92 Å². The average Bonchev–Trinajstić information content (AvgIpc) is 2.37. The predicted octanol–water partition coefficient (Wildman–Crippen LogP) is 1.79. The number of hydrogen-bond donors (Lipinski definition) is 2. The van der Waals surface area contributed by atoms with Gasteiger partial charge in [-0.3, -0.25) is 20.3 Å². The zero-order chi connectivity index (χ0) is 14.3. The number of halogens is 1. The highest BCUT2D eigenvalue weighted by molar-refractivity contribution is 6.30. The maximum atomic E-state index is 10.8. The summed E-state index contributed by atoms with van der Waals surface area (Å²) in [7, 11) is 0. The van der Waals surface area contributed by atoms with Crippen LogP contribution in [0.5, 0.6) is 5.75 Å². The summed E-state index contributed by atoms with van der Waals surface area (Å²) in [5.74, 6) is 4.80. The van der Waals surface area contributed by atoms with Crippen molar-refractivity contribution in [2.45, 2.75) is 19.3 Å². The molecule has 104 valence electrons. The average molecular weight is 288 g/mol. The van der Waals surface area contributed by atoms with E-state index in [1.807, 2.05) is 5.43 Å². The molecular weight excluding hydrogens is 274 g/mol. The maximum absolute atomic E-state index is 10.8. The summed E-state index contributed by atoms with van der Waals surface area (Å²) >= 11 is 5.75. The minimum absolute atomic E-state index is 0.126. The summed E-state index contributed by atoms with van der Waals surface area (Å²) in [6.07, 6.45) is 1.45. The first-order valence-corrected chi connectivity index (χ1v) is 5.98. The number of ether oxygens (including phenoxy) is 1. The van der Waals surface area contributed by atoms with E-state index in [0.29, 0.717) is 17.9 Å². The minimum atomic E-state index is -0.534. The summed E-state index contributed by atoms with van der Waals surface area (Å²) in [6.45, 7) is 0.263. The van der Waals surface area contributed by atoms with Gasteiger partial charge in [-0.2, -0.15) is 0 Å². The number of hydrogen-bond acceptors (Lipinski definition) is 5. The van der Waals surface area contributed by atoms with Crippen LogP contribution in [-0.4, -0.2) is 17.4 Å². The highest BCUT2D eigenvalue weighted by Gasteiger charge is 2.15. The van der Waals surface area contributed by atoms with Crippen molar-refractivity contribution in [2.75, 3.05) is 6.61 Å². The Kier molecular flexibility index (Phi) is 6.04. The fourth-order valence-corrected chi connectivity index (χ4v) is 1.56. The molecule has 3 N–H and O–H groups in total. The molecule has 1 aromatic carbocycles. The zero-order valence-corrected chi connectivity index (χ0v) is 10.9. The van der Waals surface area contributed by atoms with E-state index in [4.69, 9.17) is 22.2 Å². The monoisotopic (exact) mass is 287 g/mol. The molecule has 0 aliphatic rings. The number of nitrogens with two attached hydrogens (primary N) is 1. The number of amides is 1. The van der Waals surface area contributed by atoms with Gasteiger partial charge in [-0.1, -0.05) is 11.6 Å². The van der Waals surface area contributed by atoms with Gasteiger partial charge in [-0.25, -0.2) is 5.84 Å². The molecule has 1 amide bonds. The van der Waals surface area contributed by atoms with Gasteiger partial charge in [0.1, 0.15) is 0 Å². The second-order valence-electron chi connectivity index (χ2n) is 3.74. The zero-order valence-electron chi connectivity index (χ0n) is 10.1. The molecule has 0 unspecified atom stereocenters. The normalized spacial score (nSPS) is 10.0. The van der Waals surface area contributed by atoms with Crippen molar-refractivity contribution in [1.29, 1.82) is 0 Å². The third-order valence-corrected chi connectivity index (χ3v) is 2.57. The largest absolute Gasteiger partial charge is 0.487 e. The van der Waals surface area contributed by atoms with Crippen LogP contribution in [0.15, 0.2) is 18.2 Å². The van der Waals surface area contributed by atoms with Gasteiger partial charge in [0.15, 0.2) is 5.75 Å². The van der Waals surface area contributed by atoms with Crippen LogP contribution in [-0.2, 0) is 4.79 Å². The SMILES string of the molecule is NNC(=O)CCCCOc1cc(Cl)ccc1[N+](=O)[O-]. The molecule has 0 aliphatic carbocycles. The van der Waals surface area contributed by atoms with Crippen molar-refractivity contribution >= 4 is 23.2 Å². The van der Waals surface area contributed by atoms with Gasteiger partial charge in [0.25, 0.3) is 0 Å². The van der Waals surface area contributed by atoms with E-state index in [1.165, 1.54) is 18.2 Å². The van der Waals surface area contributed by atoms with Gasteiger partial charge in [0.2, 0.25) is 5.91 Å². The lowest BCUT2D eigenvalue weighted by Gasteiger charge is -2.06. The van der Waals surface area contributed by atoms with Gasteiger partial charge in [0, 0.05) is 23.6 Å². The van der Waals surface area contributed by atoms with Crippen molar-refractivity contribution in [3.63, 3.8) is 0 Å². The third kappa shape index (κ3) is 5.11. The molecule has 0 saturated heterocycles. The molecule has 0 aromatic heterocycles. The van der Waals surface area contributed by atoms with Crippen LogP contribution in [0.2, 0.25) is 5.02 Å². The number of nitro groups is 1. The summed E-state index contributed by atoms with van der Waals surface area (Å²) in [6, 6.07) is 4.12. The highest BCUT2D eigenvalue weighted by Crippen LogP contribution is 2.29. The molecule has 0 fully saturated rings. The lowest BCUT2D eigenvalue weighted by molar-refractivity contribution is -0.385. The summed E-state index contributed by atoms with van der Waals surface area (Å²) < 4.78 is 5.31. The molecule has 0 radical (unpaired) electrons. The van der Waals surface area contributed by atoms with Gasteiger partial charge >= 0.3 is 5.69 Å². The quantitative estimate of drug-likeness (QED) is 0.261. The molecule has 1 rings (SSSR count). The first kappa shape index (κ1) is 15.2. The number of carbonyl (C=O) groups is 1. The predicted molar refractivity (Wildman–Crippen MR) is 69.8 cm³/mol. The number of nitro benzene ring substituents is 1. The molecular formula is C11H14ClN3O4. The van der Waals surface area contributed by atoms with Gasteiger partial charge in [-0.15, -0.1) is 0 Å². The molecule has 19 heavy (non-hydrogen) atoms. The first-order chi connectivity index (χ1) is 9.04. The van der Waals surface area contributed by atoms with E-state index >= 15 is 0 Å². The second kappa shape index (κ2) is 7.55. The van der Waals surface area contributed by atoms with Crippen LogP contribution >= 0.6 is 11.6 Å². The third-order valence-electron chi connectivity index (χ3n) is 2.34. The van der Waals surface area contributed by atoms with E-state index in [1.54, 1.807) is 0 Å². The van der Waals surface area contributed by atoms with Crippen LogP contribution in [0, 0.1) is 10.1 Å². The van der Waals surface area contributed by atoms with Crippen molar-refractivity contribution in [2.24, 2.45) is 5.84 Å². The maximum Gasteiger partial charge on any atom is 0.311 e. The van der Waals surface area contributed by atoms with Crippen LogP contribution in [0.1, 0.15) is 19.3 Å². The Morgan fingerprint density at radius 3 is 2.84 bits per heavy atom. The minimum Gasteiger partial charge on any atom is -0.487 e. The Bertz CT molecular complexity index is 467. The number of nitrogens with one attached hydrogen (secondary N) is 1. The van der Waals surface area contributed by atoms with E-state index in [9.17, 15) is 14.9 Å². The Morgan fingerprint density at radius 1 is 1.47 bits per heavy atom. The fourth-order valence-electron chi connectivity index (χ4n) is 1.40. The summed E-state index contributed by atoms with van der Waals surface area (Å²) in [5.41, 5.74) is 1.88. The van der Waals surface area contributed by atoms with E-state index in [0.717, 1.165) is 0 Å². The van der Waals surface area contributed by atoms with E-state index in [-0.39, 0.29) is 30.4 Å². The Balaban J connectivity index is 2.46. The highest BCUT2D eigenvalue weighted by atomic mass is 35.5. The van der Waals surface area contributed by atoms with Crippen LogP contribution in [0.3, 0.4) is 0 Å². The Hall–Kier alpha value is -1.86. The molecule has 0 heterocycles. The number of nitrogens with zero attached hydrogens (tertiary/aromatic N) is 1. The molecule has 0 atom stereocenters. The van der Waals surface area contributed by atoms with Crippen molar-refractivity contribution in [1.82, 2.24) is 5.43 Å². The molecule has 7 nitrogen and oxygen atoms in total. The second-order valence-corrected chi connectivity index (χ2v) is 4.18. The summed E-state index contributed by atoms with van der Waals surface area (Å²) in [5, 5.41) is 11.1. The number of carbonyl (C=O) groups excluding carboxylic acids is 1. The van der Waals surface area contributed by atoms with Crippen molar-refractivity contribution < 1.29 is 14.5 Å². The number of unbranched alkanes of at least 4 members (excludes halogenated alkanes) is 1. The molecule has 0 spiro atoms. The first-order valence-electron chi connectivity index (χ1n) is 5.60. The van der Waals surface area contributed by atoms with Gasteiger partial charge in [0.05, 0.1) is 11.5 Å². The number of hydrazine groups is 1. The van der Waals surface area contributed by atoms with E-state index in [2.05, 4.69) is 0 Å². The lowest BCUT2D eigenvalue weighted by Crippen LogP contribution is -2.29. The molecule has 0 aliphatic heterocycles. The number of benzene rings is 1. The molecule has 0 bridgehead atoms. The molecule has 1 aromatic rings. The lowest BCUT2D eigenvalue weighted by atomic mass is 10.2. The fraction of sp³-hybridized carbons (Fsp3) is 0.364. The van der Waals surface area contributed by atoms with Crippen molar-refractivity contribution in [3.8, 4) is 5.75 Å². The topological polar surface area (TPSA) is 107 Å². The van der Waals surface area contributed by atoms with Crippen LogP contribution in [0.25, 0.3) is 0 Å². The van der Waals surface area contributed by atoms with Crippen LogP contribution < -0.4 is 16.0 Å². The van der Waals surface area contributed by atoms with Crippen molar-refractivity contribution in [3.05, 3.63) is 33.3 Å². The van der Waals surface area contributed by atoms with Crippen LogP contribution in [0.4, 0.5) is 5.69 Å². The smallest absolute Gasteiger partial charge is 0.311 e.